The summed E-state index contributed by atoms with van der Waals surface area (Å²) < 4.78 is 53.3. The molecule has 0 saturated heterocycles. The summed E-state index contributed by atoms with van der Waals surface area (Å²) >= 11 is 0. The number of benzene rings is 3. The number of carbonyl (C=O) groups is 1. The summed E-state index contributed by atoms with van der Waals surface area (Å²) in [6.07, 6.45) is -4.46. The minimum absolute atomic E-state index is 0.0385. The standard InChI is InChI=1S/C25H23F4NO/c1-17-8-10-22(14-18(17)2)30(24(31)15-19-6-4-3-5-7-19)13-12-20-16-21(25(27,28)29)9-11-23(20)26/h3-11,14,16H,12-13,15H2,1-2H3. The van der Waals surface area contributed by atoms with E-state index in [1.54, 1.807) is 6.07 Å². The van der Waals surface area contributed by atoms with Crippen LogP contribution in [-0.2, 0) is 23.8 Å². The van der Waals surface area contributed by atoms with E-state index in [-0.39, 0.29) is 30.9 Å². The van der Waals surface area contributed by atoms with Gasteiger partial charge in [-0.25, -0.2) is 4.39 Å². The minimum Gasteiger partial charge on any atom is -0.312 e. The third kappa shape index (κ3) is 5.72. The zero-order chi connectivity index (χ0) is 22.6. The maximum absolute atomic E-state index is 14.2. The molecule has 0 aromatic heterocycles. The number of aryl methyl sites for hydroxylation is 2. The Morgan fingerprint density at radius 2 is 1.61 bits per heavy atom. The van der Waals surface area contributed by atoms with E-state index in [1.165, 1.54) is 4.90 Å². The maximum atomic E-state index is 14.2. The molecule has 0 unspecified atom stereocenters. The van der Waals surface area contributed by atoms with Crippen LogP contribution in [0.25, 0.3) is 0 Å². The van der Waals surface area contributed by atoms with Crippen LogP contribution in [0.1, 0.15) is 27.8 Å². The largest absolute Gasteiger partial charge is 0.416 e. The first-order valence-electron chi connectivity index (χ1n) is 9.92. The van der Waals surface area contributed by atoms with Crippen molar-refractivity contribution in [1.29, 1.82) is 0 Å². The average Bonchev–Trinajstić information content (AvgIpc) is 2.72. The Labute approximate surface area is 179 Å². The highest BCUT2D eigenvalue weighted by Crippen LogP contribution is 2.30. The van der Waals surface area contributed by atoms with E-state index in [1.807, 2.05) is 56.3 Å². The lowest BCUT2D eigenvalue weighted by Crippen LogP contribution is -2.34. The smallest absolute Gasteiger partial charge is 0.312 e. The Morgan fingerprint density at radius 3 is 2.26 bits per heavy atom. The van der Waals surface area contributed by atoms with Gasteiger partial charge in [-0.05, 0) is 72.9 Å². The lowest BCUT2D eigenvalue weighted by atomic mass is 10.0. The molecule has 1 amide bonds. The predicted molar refractivity (Wildman–Crippen MR) is 114 cm³/mol. The number of hydrogen-bond donors (Lipinski definition) is 0. The van der Waals surface area contributed by atoms with E-state index in [0.717, 1.165) is 34.9 Å². The molecule has 0 heterocycles. The number of amides is 1. The van der Waals surface area contributed by atoms with Crippen molar-refractivity contribution in [2.75, 3.05) is 11.4 Å². The first-order valence-corrected chi connectivity index (χ1v) is 9.92. The van der Waals surface area contributed by atoms with Crippen LogP contribution in [0, 0.1) is 19.7 Å². The van der Waals surface area contributed by atoms with Crippen molar-refractivity contribution in [2.45, 2.75) is 32.9 Å². The lowest BCUT2D eigenvalue weighted by Gasteiger charge is -2.24. The Bertz CT molecular complexity index is 1060. The molecule has 2 nitrogen and oxygen atoms in total. The molecule has 3 rings (SSSR count). The second-order valence-electron chi connectivity index (χ2n) is 7.53. The summed E-state index contributed by atoms with van der Waals surface area (Å²) in [7, 11) is 0. The Morgan fingerprint density at radius 1 is 0.903 bits per heavy atom. The first-order chi connectivity index (χ1) is 14.6. The van der Waals surface area contributed by atoms with Gasteiger partial charge >= 0.3 is 6.18 Å². The van der Waals surface area contributed by atoms with Crippen molar-refractivity contribution in [2.24, 2.45) is 0 Å². The van der Waals surface area contributed by atoms with Gasteiger partial charge in [0.15, 0.2) is 0 Å². The van der Waals surface area contributed by atoms with Gasteiger partial charge in [0.2, 0.25) is 5.91 Å². The fourth-order valence-corrected chi connectivity index (χ4v) is 3.33. The van der Waals surface area contributed by atoms with E-state index in [9.17, 15) is 22.4 Å². The molecule has 0 N–H and O–H groups in total. The Balaban J connectivity index is 1.88. The Kier molecular flexibility index (Phi) is 6.78. The summed E-state index contributed by atoms with van der Waals surface area (Å²) in [6, 6.07) is 17.1. The van der Waals surface area contributed by atoms with Crippen LogP contribution in [-0.4, -0.2) is 12.5 Å². The van der Waals surface area contributed by atoms with Gasteiger partial charge in [0.25, 0.3) is 0 Å². The summed E-state index contributed by atoms with van der Waals surface area (Å²) in [6.45, 7) is 3.94. The van der Waals surface area contributed by atoms with Crippen molar-refractivity contribution >= 4 is 11.6 Å². The fourth-order valence-electron chi connectivity index (χ4n) is 3.33. The van der Waals surface area contributed by atoms with Gasteiger partial charge in [0, 0.05) is 12.2 Å². The van der Waals surface area contributed by atoms with Crippen LogP contribution in [0.2, 0.25) is 0 Å². The second-order valence-corrected chi connectivity index (χ2v) is 7.53. The van der Waals surface area contributed by atoms with Gasteiger partial charge in [-0.2, -0.15) is 13.2 Å². The molecular formula is C25H23F4NO. The van der Waals surface area contributed by atoms with Gasteiger partial charge in [0.05, 0.1) is 12.0 Å². The van der Waals surface area contributed by atoms with Gasteiger partial charge in [-0.3, -0.25) is 4.79 Å². The monoisotopic (exact) mass is 429 g/mol. The molecule has 31 heavy (non-hydrogen) atoms. The third-order valence-corrected chi connectivity index (χ3v) is 5.28. The number of rotatable bonds is 6. The molecular weight excluding hydrogens is 406 g/mol. The molecule has 0 fully saturated rings. The van der Waals surface area contributed by atoms with E-state index < -0.39 is 17.6 Å². The van der Waals surface area contributed by atoms with Crippen LogP contribution in [0.15, 0.2) is 66.7 Å². The van der Waals surface area contributed by atoms with Crippen LogP contribution < -0.4 is 4.90 Å². The summed E-state index contributed by atoms with van der Waals surface area (Å²) in [5, 5.41) is 0. The van der Waals surface area contributed by atoms with Crippen LogP contribution in [0.5, 0.6) is 0 Å². The average molecular weight is 429 g/mol. The zero-order valence-corrected chi connectivity index (χ0v) is 17.3. The van der Waals surface area contributed by atoms with E-state index in [0.29, 0.717) is 5.69 Å². The molecule has 3 aromatic rings. The van der Waals surface area contributed by atoms with Gasteiger partial charge in [0.1, 0.15) is 5.82 Å². The number of hydrogen-bond acceptors (Lipinski definition) is 1. The topological polar surface area (TPSA) is 20.3 Å². The molecule has 162 valence electrons. The van der Waals surface area contributed by atoms with Crippen molar-refractivity contribution in [3.63, 3.8) is 0 Å². The summed E-state index contributed by atoms with van der Waals surface area (Å²) in [5.74, 6) is -0.926. The Hall–Kier alpha value is -3.15. The molecule has 3 aromatic carbocycles. The van der Waals surface area contributed by atoms with Crippen LogP contribution in [0.3, 0.4) is 0 Å². The van der Waals surface area contributed by atoms with Gasteiger partial charge in [-0.1, -0.05) is 36.4 Å². The van der Waals surface area contributed by atoms with Crippen molar-refractivity contribution in [3.8, 4) is 0 Å². The maximum Gasteiger partial charge on any atom is 0.416 e. The minimum atomic E-state index is -4.56. The van der Waals surface area contributed by atoms with Crippen molar-refractivity contribution < 1.29 is 22.4 Å². The number of anilines is 1. The van der Waals surface area contributed by atoms with Gasteiger partial charge < -0.3 is 4.90 Å². The van der Waals surface area contributed by atoms with Gasteiger partial charge in [-0.15, -0.1) is 0 Å². The number of nitrogens with zero attached hydrogens (tertiary/aromatic N) is 1. The SMILES string of the molecule is Cc1ccc(N(CCc2cc(C(F)(F)F)ccc2F)C(=O)Cc2ccccc2)cc1C. The molecule has 0 aliphatic rings. The fraction of sp³-hybridized carbons (Fsp3) is 0.240. The molecule has 0 aliphatic carbocycles. The number of carbonyl (C=O) groups excluding carboxylic acids is 1. The third-order valence-electron chi connectivity index (χ3n) is 5.28. The summed E-state index contributed by atoms with van der Waals surface area (Å²) in [5.41, 5.74) is 2.53. The predicted octanol–water partition coefficient (Wildman–Crippen LogP) is 6.28. The molecule has 0 bridgehead atoms. The zero-order valence-electron chi connectivity index (χ0n) is 17.3. The first kappa shape index (κ1) is 22.5. The quantitative estimate of drug-likeness (QED) is 0.422. The van der Waals surface area contributed by atoms with E-state index >= 15 is 0 Å². The highest BCUT2D eigenvalue weighted by molar-refractivity contribution is 5.95. The highest BCUT2D eigenvalue weighted by atomic mass is 19.4. The molecule has 0 atom stereocenters. The molecule has 0 radical (unpaired) electrons. The molecule has 0 spiro atoms. The molecule has 0 saturated carbocycles. The van der Waals surface area contributed by atoms with Crippen molar-refractivity contribution in [1.82, 2.24) is 0 Å². The molecule has 0 aliphatic heterocycles. The van der Waals surface area contributed by atoms with E-state index in [2.05, 4.69) is 0 Å². The number of halogens is 4. The lowest BCUT2D eigenvalue weighted by molar-refractivity contribution is -0.137. The normalized spacial score (nSPS) is 11.4. The van der Waals surface area contributed by atoms with Crippen LogP contribution >= 0.6 is 0 Å². The summed E-state index contributed by atoms with van der Waals surface area (Å²) in [4.78, 5) is 14.6. The second kappa shape index (κ2) is 9.33. The number of alkyl halides is 3. The van der Waals surface area contributed by atoms with Crippen LogP contribution in [0.4, 0.5) is 23.2 Å². The highest BCUT2D eigenvalue weighted by Gasteiger charge is 2.31. The van der Waals surface area contributed by atoms with Crippen molar-refractivity contribution in [3.05, 3.63) is 100 Å². The van der Waals surface area contributed by atoms with E-state index in [4.69, 9.17) is 0 Å². The molecule has 6 heteroatoms.